The number of halogens is 2. The van der Waals surface area contributed by atoms with E-state index in [4.69, 9.17) is 9.72 Å². The zero-order valence-electron chi connectivity index (χ0n) is 17.4. The summed E-state index contributed by atoms with van der Waals surface area (Å²) in [4.78, 5) is 6.89. The third-order valence-corrected chi connectivity index (χ3v) is 6.45. The minimum absolute atomic E-state index is 0.259. The maximum Gasteiger partial charge on any atom is 0.183 e. The van der Waals surface area contributed by atoms with E-state index in [1.165, 1.54) is 12.1 Å². The Hall–Kier alpha value is -3.33. The number of nitrogens with zero attached hydrogens (tertiary/aromatic N) is 6. The standard InChI is InChI=1S/C23H22F2N6O/c24-17-3-4-19(25)18(10-17)20-2-1-7-29(20)22-5-8-30-23(28-22)21(12-27-30)31-13-16(11-26-31)15-6-9-32-14-15/h3-5,8,10-13,15,20H,1-2,6-7,9,14H2/t15?,20-/m1/s1. The molecular formula is C23H22F2N6O. The molecule has 0 N–H and O–H groups in total. The van der Waals surface area contributed by atoms with Crippen LogP contribution < -0.4 is 4.90 Å². The monoisotopic (exact) mass is 436 g/mol. The number of hydrogen-bond acceptors (Lipinski definition) is 5. The summed E-state index contributed by atoms with van der Waals surface area (Å²) in [5.41, 5.74) is 2.93. The smallest absolute Gasteiger partial charge is 0.183 e. The van der Waals surface area contributed by atoms with Crippen molar-refractivity contribution in [2.45, 2.75) is 31.2 Å². The summed E-state index contributed by atoms with van der Waals surface area (Å²) in [5, 5.41) is 8.94. The molecule has 2 fully saturated rings. The molecule has 1 unspecified atom stereocenters. The van der Waals surface area contributed by atoms with Crippen molar-refractivity contribution < 1.29 is 13.5 Å². The zero-order valence-corrected chi connectivity index (χ0v) is 17.4. The minimum atomic E-state index is -0.433. The molecule has 2 aliphatic rings. The largest absolute Gasteiger partial charge is 0.381 e. The molecule has 5 heterocycles. The number of fused-ring (bicyclic) bond motifs is 1. The second-order valence-electron chi connectivity index (χ2n) is 8.38. The highest BCUT2D eigenvalue weighted by Crippen LogP contribution is 2.37. The Morgan fingerprint density at radius 1 is 1.06 bits per heavy atom. The molecule has 32 heavy (non-hydrogen) atoms. The molecule has 3 aromatic heterocycles. The van der Waals surface area contributed by atoms with Crippen molar-refractivity contribution in [1.29, 1.82) is 0 Å². The normalized spacial score (nSPS) is 21.1. The number of benzene rings is 1. The van der Waals surface area contributed by atoms with Crippen molar-refractivity contribution in [2.24, 2.45) is 0 Å². The van der Waals surface area contributed by atoms with Gasteiger partial charge < -0.3 is 9.64 Å². The Bertz CT molecular complexity index is 1280. The van der Waals surface area contributed by atoms with Gasteiger partial charge in [0.1, 0.15) is 23.1 Å². The Morgan fingerprint density at radius 2 is 2.00 bits per heavy atom. The predicted molar refractivity (Wildman–Crippen MR) is 114 cm³/mol. The predicted octanol–water partition coefficient (Wildman–Crippen LogP) is 4.04. The van der Waals surface area contributed by atoms with Crippen molar-refractivity contribution in [1.82, 2.24) is 24.4 Å². The zero-order chi connectivity index (χ0) is 21.7. The summed E-state index contributed by atoms with van der Waals surface area (Å²) >= 11 is 0. The summed E-state index contributed by atoms with van der Waals surface area (Å²) < 4.78 is 37.3. The number of rotatable bonds is 4. The molecule has 164 valence electrons. The summed E-state index contributed by atoms with van der Waals surface area (Å²) in [6.45, 7) is 2.22. The number of anilines is 1. The maximum atomic E-state index is 14.5. The third kappa shape index (κ3) is 3.24. The molecule has 4 aromatic rings. The second kappa shape index (κ2) is 7.67. The highest BCUT2D eigenvalue weighted by atomic mass is 19.1. The number of hydrogen-bond donors (Lipinski definition) is 0. The van der Waals surface area contributed by atoms with Gasteiger partial charge in [0.2, 0.25) is 0 Å². The van der Waals surface area contributed by atoms with Gasteiger partial charge in [0.25, 0.3) is 0 Å². The molecule has 1 aromatic carbocycles. The van der Waals surface area contributed by atoms with Gasteiger partial charge in [-0.2, -0.15) is 10.2 Å². The van der Waals surface area contributed by atoms with Crippen molar-refractivity contribution >= 4 is 11.5 Å². The van der Waals surface area contributed by atoms with Gasteiger partial charge in [0.15, 0.2) is 5.65 Å². The van der Waals surface area contributed by atoms with E-state index in [1.807, 2.05) is 29.6 Å². The lowest BCUT2D eigenvalue weighted by molar-refractivity contribution is 0.194. The molecular weight excluding hydrogens is 414 g/mol. The lowest BCUT2D eigenvalue weighted by atomic mass is 10.0. The van der Waals surface area contributed by atoms with E-state index in [-0.39, 0.29) is 6.04 Å². The van der Waals surface area contributed by atoms with Crippen LogP contribution in [0.1, 0.15) is 42.3 Å². The summed E-state index contributed by atoms with van der Waals surface area (Å²) in [5.74, 6) is 0.244. The van der Waals surface area contributed by atoms with E-state index in [2.05, 4.69) is 10.2 Å². The van der Waals surface area contributed by atoms with Crippen LogP contribution in [0.15, 0.2) is 49.1 Å². The van der Waals surface area contributed by atoms with Crippen molar-refractivity contribution in [2.75, 3.05) is 24.7 Å². The van der Waals surface area contributed by atoms with Crippen LogP contribution in [0.5, 0.6) is 0 Å². The van der Waals surface area contributed by atoms with Crippen LogP contribution in [0.25, 0.3) is 11.3 Å². The molecule has 0 spiro atoms. The van der Waals surface area contributed by atoms with E-state index in [0.717, 1.165) is 56.3 Å². The molecule has 7 nitrogen and oxygen atoms in total. The molecule has 0 aliphatic carbocycles. The van der Waals surface area contributed by atoms with Gasteiger partial charge in [0.05, 0.1) is 25.0 Å². The Morgan fingerprint density at radius 3 is 2.88 bits per heavy atom. The maximum absolute atomic E-state index is 14.5. The average molecular weight is 436 g/mol. The van der Waals surface area contributed by atoms with E-state index in [9.17, 15) is 8.78 Å². The molecule has 0 amide bonds. The topological polar surface area (TPSA) is 60.5 Å². The quantitative estimate of drug-likeness (QED) is 0.483. The number of ether oxygens (including phenoxy) is 1. The van der Waals surface area contributed by atoms with Gasteiger partial charge in [-0.05, 0) is 49.1 Å². The fourth-order valence-corrected chi connectivity index (χ4v) is 4.78. The van der Waals surface area contributed by atoms with Crippen molar-refractivity contribution in [3.8, 4) is 5.69 Å². The number of aromatic nitrogens is 5. The van der Waals surface area contributed by atoms with Crippen LogP contribution in [-0.4, -0.2) is 44.1 Å². The fraction of sp³-hybridized carbons (Fsp3) is 0.348. The summed E-state index contributed by atoms with van der Waals surface area (Å²) in [6, 6.07) is 5.24. The molecule has 6 rings (SSSR count). The molecule has 0 saturated carbocycles. The summed E-state index contributed by atoms with van der Waals surface area (Å²) in [7, 11) is 0. The third-order valence-electron chi connectivity index (χ3n) is 6.45. The van der Waals surface area contributed by atoms with Gasteiger partial charge in [-0.15, -0.1) is 0 Å². The first-order valence-electron chi connectivity index (χ1n) is 10.9. The summed E-state index contributed by atoms with van der Waals surface area (Å²) in [6.07, 6.45) is 10.1. The van der Waals surface area contributed by atoms with Gasteiger partial charge in [-0.3, -0.25) is 0 Å². The Balaban J connectivity index is 1.36. The van der Waals surface area contributed by atoms with Crippen LogP contribution in [0, 0.1) is 11.6 Å². The second-order valence-corrected chi connectivity index (χ2v) is 8.38. The SMILES string of the molecule is Fc1ccc(F)c([C@H]2CCCN2c2ccn3ncc(-n4cc(C5CCOC5)cn4)c3n2)c1. The molecule has 2 aliphatic heterocycles. The first-order chi connectivity index (χ1) is 15.7. The van der Waals surface area contributed by atoms with Crippen LogP contribution in [0.2, 0.25) is 0 Å². The lowest BCUT2D eigenvalue weighted by Crippen LogP contribution is -2.24. The van der Waals surface area contributed by atoms with Gasteiger partial charge in [-0.25, -0.2) is 23.0 Å². The minimum Gasteiger partial charge on any atom is -0.381 e. The van der Waals surface area contributed by atoms with Crippen molar-refractivity contribution in [3.05, 3.63) is 71.8 Å². The fourth-order valence-electron chi connectivity index (χ4n) is 4.78. The highest BCUT2D eigenvalue weighted by Gasteiger charge is 2.30. The van der Waals surface area contributed by atoms with Crippen LogP contribution in [-0.2, 0) is 4.74 Å². The van der Waals surface area contributed by atoms with E-state index >= 15 is 0 Å². The molecule has 0 radical (unpaired) electrons. The van der Waals surface area contributed by atoms with Gasteiger partial charge in [-0.1, -0.05) is 0 Å². The molecule has 2 saturated heterocycles. The first kappa shape index (κ1) is 19.4. The van der Waals surface area contributed by atoms with Crippen LogP contribution in [0.4, 0.5) is 14.6 Å². The van der Waals surface area contributed by atoms with Gasteiger partial charge in [0, 0.05) is 37.0 Å². The molecule has 2 atom stereocenters. The van der Waals surface area contributed by atoms with Gasteiger partial charge >= 0.3 is 0 Å². The lowest BCUT2D eigenvalue weighted by Gasteiger charge is -2.26. The molecule has 9 heteroatoms. The van der Waals surface area contributed by atoms with Crippen LogP contribution in [0.3, 0.4) is 0 Å². The molecule has 0 bridgehead atoms. The highest BCUT2D eigenvalue weighted by molar-refractivity contribution is 5.61. The first-order valence-corrected chi connectivity index (χ1v) is 10.9. The van der Waals surface area contributed by atoms with E-state index in [1.54, 1.807) is 15.4 Å². The van der Waals surface area contributed by atoms with E-state index in [0.29, 0.717) is 22.9 Å². The average Bonchev–Trinajstić information content (AvgIpc) is 3.60. The van der Waals surface area contributed by atoms with Crippen molar-refractivity contribution in [3.63, 3.8) is 0 Å². The Labute approximate surface area is 183 Å². The Kier molecular flexibility index (Phi) is 4.64. The van der Waals surface area contributed by atoms with E-state index < -0.39 is 11.6 Å². The van der Waals surface area contributed by atoms with Crippen LogP contribution >= 0.6 is 0 Å².